The third-order valence-electron chi connectivity index (χ3n) is 3.31. The van der Waals surface area contributed by atoms with Crippen LogP contribution in [0, 0.1) is 0 Å². The summed E-state index contributed by atoms with van der Waals surface area (Å²) < 4.78 is 5.15. The zero-order valence-corrected chi connectivity index (χ0v) is 12.4. The van der Waals surface area contributed by atoms with Gasteiger partial charge in [-0.1, -0.05) is 17.7 Å². The van der Waals surface area contributed by atoms with E-state index in [9.17, 15) is 0 Å². The number of hydrogen-bond donors (Lipinski definition) is 1. The highest BCUT2D eigenvalue weighted by atomic mass is 35.5. The van der Waals surface area contributed by atoms with Crippen LogP contribution in [0.2, 0.25) is 5.02 Å². The molecule has 0 amide bonds. The molecule has 0 saturated carbocycles. The zero-order valence-electron chi connectivity index (χ0n) is 10.8. The van der Waals surface area contributed by atoms with E-state index in [0.29, 0.717) is 11.1 Å². The Balaban J connectivity index is 0.00000162. The number of methoxy groups -OCH3 is 1. The second-order valence-electron chi connectivity index (χ2n) is 4.53. The first-order valence-electron chi connectivity index (χ1n) is 5.94. The van der Waals surface area contributed by atoms with Gasteiger partial charge in [-0.05, 0) is 37.7 Å². The number of benzene rings is 1. The van der Waals surface area contributed by atoms with Crippen molar-refractivity contribution in [2.24, 2.45) is 0 Å². The van der Waals surface area contributed by atoms with Gasteiger partial charge in [0.2, 0.25) is 0 Å². The molecule has 2 rings (SSSR count). The number of rotatable bonds is 4. The molecular weight excluding hydrogens is 271 g/mol. The fraction of sp³-hybridized carbons (Fsp3) is 0.538. The lowest BCUT2D eigenvalue weighted by Gasteiger charge is -2.23. The van der Waals surface area contributed by atoms with Crippen molar-refractivity contribution in [3.8, 4) is 5.75 Å². The highest BCUT2D eigenvalue weighted by Crippen LogP contribution is 2.25. The molecule has 3 nitrogen and oxygen atoms in total. The van der Waals surface area contributed by atoms with E-state index in [1.807, 2.05) is 12.1 Å². The largest absolute Gasteiger partial charge is 0.495 e. The fourth-order valence-electron chi connectivity index (χ4n) is 2.24. The van der Waals surface area contributed by atoms with Gasteiger partial charge in [-0.15, -0.1) is 12.4 Å². The van der Waals surface area contributed by atoms with Crippen LogP contribution in [-0.4, -0.2) is 38.2 Å². The lowest BCUT2D eigenvalue weighted by Crippen LogP contribution is -2.32. The van der Waals surface area contributed by atoms with Crippen molar-refractivity contribution >= 4 is 24.0 Å². The number of nitrogens with one attached hydrogen (secondary N) is 1. The van der Waals surface area contributed by atoms with Crippen LogP contribution in [-0.2, 0) is 6.54 Å². The van der Waals surface area contributed by atoms with E-state index in [4.69, 9.17) is 16.3 Å². The van der Waals surface area contributed by atoms with Gasteiger partial charge >= 0.3 is 0 Å². The van der Waals surface area contributed by atoms with Gasteiger partial charge in [0.25, 0.3) is 0 Å². The Labute approximate surface area is 120 Å². The van der Waals surface area contributed by atoms with Crippen LogP contribution in [0.4, 0.5) is 0 Å². The number of likely N-dealkylation sites (N-methyl/N-ethyl adjacent to an activating group) is 1. The first-order valence-corrected chi connectivity index (χ1v) is 6.32. The maximum absolute atomic E-state index is 6.12. The Hall–Kier alpha value is -0.480. The number of hydrogen-bond acceptors (Lipinski definition) is 3. The predicted molar refractivity (Wildman–Crippen MR) is 78.0 cm³/mol. The molecule has 0 aliphatic carbocycles. The van der Waals surface area contributed by atoms with Crippen molar-refractivity contribution in [1.82, 2.24) is 10.2 Å². The summed E-state index contributed by atoms with van der Waals surface area (Å²) in [7, 11) is 3.80. The number of halogens is 2. The summed E-state index contributed by atoms with van der Waals surface area (Å²) >= 11 is 6.12. The first kappa shape index (κ1) is 15.6. The zero-order chi connectivity index (χ0) is 12.3. The van der Waals surface area contributed by atoms with Crippen molar-refractivity contribution in [2.45, 2.75) is 19.0 Å². The molecule has 1 N–H and O–H groups in total. The predicted octanol–water partition coefficient (Wildman–Crippen LogP) is 2.56. The standard InChI is InChI=1S/C13H19ClN2O.ClH/c1-16(11-5-6-15-8-11)9-10-3-4-13(17-2)12(14)7-10;/h3-4,7,11,15H,5-6,8-9H2,1-2H3;1H. The van der Waals surface area contributed by atoms with Crippen LogP contribution in [0.15, 0.2) is 18.2 Å². The van der Waals surface area contributed by atoms with Gasteiger partial charge in [0, 0.05) is 19.1 Å². The maximum Gasteiger partial charge on any atom is 0.137 e. The van der Waals surface area contributed by atoms with Gasteiger partial charge in [0.15, 0.2) is 0 Å². The van der Waals surface area contributed by atoms with Crippen molar-refractivity contribution in [2.75, 3.05) is 27.2 Å². The normalized spacial score (nSPS) is 18.8. The quantitative estimate of drug-likeness (QED) is 0.922. The Morgan fingerprint density at radius 1 is 1.50 bits per heavy atom. The molecule has 0 radical (unpaired) electrons. The molecular formula is C13H20Cl2N2O. The van der Waals surface area contributed by atoms with Crippen LogP contribution < -0.4 is 10.1 Å². The Kier molecular flexibility index (Phi) is 6.22. The summed E-state index contributed by atoms with van der Waals surface area (Å²) in [5.74, 6) is 0.737. The smallest absolute Gasteiger partial charge is 0.137 e. The highest BCUT2D eigenvalue weighted by Gasteiger charge is 2.19. The average Bonchev–Trinajstić information content (AvgIpc) is 2.82. The minimum Gasteiger partial charge on any atom is -0.495 e. The molecule has 1 saturated heterocycles. The summed E-state index contributed by atoms with van der Waals surface area (Å²) in [4.78, 5) is 2.37. The second-order valence-corrected chi connectivity index (χ2v) is 4.94. The molecule has 1 aromatic carbocycles. The molecule has 1 aromatic rings. The topological polar surface area (TPSA) is 24.5 Å². The fourth-order valence-corrected chi connectivity index (χ4v) is 2.52. The molecule has 0 aromatic heterocycles. The van der Waals surface area contributed by atoms with Crippen molar-refractivity contribution in [1.29, 1.82) is 0 Å². The average molecular weight is 291 g/mol. The summed E-state index contributed by atoms with van der Waals surface area (Å²) in [6, 6.07) is 6.62. The van der Waals surface area contributed by atoms with Gasteiger partial charge in [0.05, 0.1) is 12.1 Å². The van der Waals surface area contributed by atoms with E-state index in [1.165, 1.54) is 12.0 Å². The van der Waals surface area contributed by atoms with Crippen molar-refractivity contribution in [3.05, 3.63) is 28.8 Å². The minimum atomic E-state index is 0. The molecule has 1 atom stereocenters. The first-order chi connectivity index (χ1) is 8.20. The molecule has 0 spiro atoms. The maximum atomic E-state index is 6.12. The Morgan fingerprint density at radius 2 is 2.28 bits per heavy atom. The molecule has 18 heavy (non-hydrogen) atoms. The van der Waals surface area contributed by atoms with Gasteiger partial charge in [-0.2, -0.15) is 0 Å². The molecule has 102 valence electrons. The lowest BCUT2D eigenvalue weighted by atomic mass is 10.1. The third kappa shape index (κ3) is 3.75. The second kappa shape index (κ2) is 7.19. The van der Waals surface area contributed by atoms with Crippen LogP contribution in [0.3, 0.4) is 0 Å². The van der Waals surface area contributed by atoms with Gasteiger partial charge in [0.1, 0.15) is 5.75 Å². The van der Waals surface area contributed by atoms with E-state index in [-0.39, 0.29) is 12.4 Å². The van der Waals surface area contributed by atoms with Crippen molar-refractivity contribution < 1.29 is 4.74 Å². The monoisotopic (exact) mass is 290 g/mol. The summed E-state index contributed by atoms with van der Waals surface area (Å²) in [6.45, 7) is 3.13. The lowest BCUT2D eigenvalue weighted by molar-refractivity contribution is 0.249. The van der Waals surface area contributed by atoms with E-state index in [2.05, 4.69) is 23.3 Å². The molecule has 1 fully saturated rings. The molecule has 1 aliphatic heterocycles. The molecule has 5 heteroatoms. The third-order valence-corrected chi connectivity index (χ3v) is 3.60. The highest BCUT2D eigenvalue weighted by molar-refractivity contribution is 6.32. The molecule has 1 unspecified atom stereocenters. The van der Waals surface area contributed by atoms with E-state index in [1.54, 1.807) is 7.11 Å². The number of ether oxygens (including phenoxy) is 1. The molecule has 1 aliphatic rings. The van der Waals surface area contributed by atoms with E-state index in [0.717, 1.165) is 25.4 Å². The molecule has 0 bridgehead atoms. The van der Waals surface area contributed by atoms with Crippen molar-refractivity contribution in [3.63, 3.8) is 0 Å². The summed E-state index contributed by atoms with van der Waals surface area (Å²) in [5.41, 5.74) is 1.23. The summed E-state index contributed by atoms with van der Waals surface area (Å²) in [5, 5.41) is 4.06. The van der Waals surface area contributed by atoms with E-state index >= 15 is 0 Å². The minimum absolute atomic E-state index is 0. The van der Waals surface area contributed by atoms with Crippen LogP contribution in [0.25, 0.3) is 0 Å². The summed E-state index contributed by atoms with van der Waals surface area (Å²) in [6.07, 6.45) is 1.22. The van der Waals surface area contributed by atoms with Gasteiger partial charge in [-0.25, -0.2) is 0 Å². The number of nitrogens with zero attached hydrogens (tertiary/aromatic N) is 1. The SMILES string of the molecule is COc1ccc(CN(C)C2CCNC2)cc1Cl.Cl. The van der Waals surface area contributed by atoms with Crippen LogP contribution >= 0.6 is 24.0 Å². The van der Waals surface area contributed by atoms with Crippen LogP contribution in [0.5, 0.6) is 5.75 Å². The Morgan fingerprint density at radius 3 is 2.83 bits per heavy atom. The molecule has 1 heterocycles. The van der Waals surface area contributed by atoms with E-state index < -0.39 is 0 Å². The Bertz CT molecular complexity index is 381. The van der Waals surface area contributed by atoms with Gasteiger partial charge in [-0.3, -0.25) is 4.90 Å². The van der Waals surface area contributed by atoms with Crippen LogP contribution in [0.1, 0.15) is 12.0 Å². The van der Waals surface area contributed by atoms with Gasteiger partial charge < -0.3 is 10.1 Å².